The molecule has 0 aliphatic carbocycles. The molecular formula is C23H23O4. The van der Waals surface area contributed by atoms with Crippen molar-refractivity contribution in [2.75, 3.05) is 28.4 Å². The van der Waals surface area contributed by atoms with Crippen LogP contribution in [0.1, 0.15) is 16.7 Å². The van der Waals surface area contributed by atoms with Crippen LogP contribution >= 0.6 is 0 Å². The van der Waals surface area contributed by atoms with Gasteiger partial charge in [-0.1, -0.05) is 30.3 Å². The van der Waals surface area contributed by atoms with Crippen LogP contribution in [0.3, 0.4) is 0 Å². The number of rotatable bonds is 7. The van der Waals surface area contributed by atoms with Gasteiger partial charge in [-0.2, -0.15) is 0 Å². The van der Waals surface area contributed by atoms with Crippen molar-refractivity contribution < 1.29 is 18.9 Å². The van der Waals surface area contributed by atoms with Crippen LogP contribution in [0.2, 0.25) is 0 Å². The first-order valence-electron chi connectivity index (χ1n) is 8.58. The number of hydrogen-bond acceptors (Lipinski definition) is 4. The SMILES string of the molecule is COc1ccc([C](c2ccc(OC)cc2)c2ccc(OC)c(OC)c2)cc1. The minimum atomic E-state index is 0.689. The van der Waals surface area contributed by atoms with Crippen LogP contribution in [-0.2, 0) is 0 Å². The topological polar surface area (TPSA) is 36.9 Å². The molecule has 0 bridgehead atoms. The molecule has 4 heteroatoms. The van der Waals surface area contributed by atoms with Crippen molar-refractivity contribution >= 4 is 0 Å². The van der Waals surface area contributed by atoms with Gasteiger partial charge in [0.1, 0.15) is 11.5 Å². The Morgan fingerprint density at radius 2 is 0.926 bits per heavy atom. The molecule has 0 fully saturated rings. The number of methoxy groups -OCH3 is 4. The highest BCUT2D eigenvalue weighted by Gasteiger charge is 2.20. The fourth-order valence-electron chi connectivity index (χ4n) is 3.01. The summed E-state index contributed by atoms with van der Waals surface area (Å²) in [6, 6.07) is 22.0. The van der Waals surface area contributed by atoms with Gasteiger partial charge in [-0.05, 0) is 53.1 Å². The molecule has 0 heterocycles. The molecule has 3 aromatic carbocycles. The average molecular weight is 363 g/mol. The fourth-order valence-corrected chi connectivity index (χ4v) is 3.01. The van der Waals surface area contributed by atoms with Gasteiger partial charge < -0.3 is 18.9 Å². The molecule has 0 saturated carbocycles. The number of hydrogen-bond donors (Lipinski definition) is 0. The molecule has 0 N–H and O–H groups in total. The third kappa shape index (κ3) is 4.00. The van der Waals surface area contributed by atoms with Crippen LogP contribution in [0.4, 0.5) is 0 Å². The van der Waals surface area contributed by atoms with E-state index in [0.717, 1.165) is 34.1 Å². The van der Waals surface area contributed by atoms with Gasteiger partial charge >= 0.3 is 0 Å². The molecule has 4 nitrogen and oxygen atoms in total. The van der Waals surface area contributed by atoms with Crippen LogP contribution < -0.4 is 18.9 Å². The average Bonchev–Trinajstić information content (AvgIpc) is 2.74. The zero-order chi connectivity index (χ0) is 19.2. The summed E-state index contributed by atoms with van der Waals surface area (Å²) in [5.41, 5.74) is 3.18. The van der Waals surface area contributed by atoms with Crippen molar-refractivity contribution in [2.45, 2.75) is 0 Å². The van der Waals surface area contributed by atoms with Crippen molar-refractivity contribution in [2.24, 2.45) is 0 Å². The molecule has 0 unspecified atom stereocenters. The van der Waals surface area contributed by atoms with Crippen LogP contribution in [0, 0.1) is 5.92 Å². The summed E-state index contributed by atoms with van der Waals surface area (Å²) in [7, 11) is 6.60. The Hall–Kier alpha value is -3.14. The lowest BCUT2D eigenvalue weighted by Gasteiger charge is -2.20. The van der Waals surface area contributed by atoms with Crippen molar-refractivity contribution in [3.05, 3.63) is 89.3 Å². The Labute approximate surface area is 160 Å². The van der Waals surface area contributed by atoms with E-state index in [4.69, 9.17) is 18.9 Å². The monoisotopic (exact) mass is 363 g/mol. The second-order valence-corrected chi connectivity index (χ2v) is 5.90. The first kappa shape index (κ1) is 18.6. The summed E-state index contributed by atoms with van der Waals surface area (Å²) < 4.78 is 21.5. The molecule has 0 spiro atoms. The van der Waals surface area contributed by atoms with Gasteiger partial charge in [0.2, 0.25) is 0 Å². The van der Waals surface area contributed by atoms with Gasteiger partial charge in [0.05, 0.1) is 34.4 Å². The molecular weight excluding hydrogens is 340 g/mol. The zero-order valence-corrected chi connectivity index (χ0v) is 16.0. The van der Waals surface area contributed by atoms with Crippen molar-refractivity contribution in [1.29, 1.82) is 0 Å². The molecule has 0 aromatic heterocycles. The molecule has 3 aromatic rings. The second-order valence-electron chi connectivity index (χ2n) is 5.90. The van der Waals surface area contributed by atoms with Crippen LogP contribution in [-0.4, -0.2) is 28.4 Å². The highest BCUT2D eigenvalue weighted by atomic mass is 16.5. The first-order valence-corrected chi connectivity index (χ1v) is 8.58. The lowest BCUT2D eigenvalue weighted by atomic mass is 9.85. The van der Waals surface area contributed by atoms with Gasteiger partial charge in [0.15, 0.2) is 11.5 Å². The van der Waals surface area contributed by atoms with Gasteiger partial charge in [-0.25, -0.2) is 0 Å². The summed E-state index contributed by atoms with van der Waals surface area (Å²) >= 11 is 0. The standard InChI is InChI=1S/C23H23O4/c1-24-19-10-5-16(6-11-19)23(17-7-12-20(25-2)13-8-17)18-9-14-21(26-3)22(15-18)27-4/h5-15H,1-4H3. The lowest BCUT2D eigenvalue weighted by Crippen LogP contribution is -2.05. The Morgan fingerprint density at radius 1 is 0.481 bits per heavy atom. The maximum atomic E-state index is 5.49. The summed E-state index contributed by atoms with van der Waals surface area (Å²) in [6.07, 6.45) is 0. The minimum absolute atomic E-state index is 0.689. The molecule has 0 saturated heterocycles. The quantitative estimate of drug-likeness (QED) is 0.568. The third-order valence-corrected chi connectivity index (χ3v) is 4.43. The Bertz CT molecular complexity index is 822. The predicted octanol–water partition coefficient (Wildman–Crippen LogP) is 4.74. The van der Waals surface area contributed by atoms with E-state index in [1.165, 1.54) is 0 Å². The smallest absolute Gasteiger partial charge is 0.161 e. The molecule has 1 radical (unpaired) electrons. The van der Waals surface area contributed by atoms with Gasteiger partial charge in [-0.3, -0.25) is 0 Å². The molecule has 139 valence electrons. The molecule has 0 amide bonds. The van der Waals surface area contributed by atoms with E-state index in [1.807, 2.05) is 42.5 Å². The van der Waals surface area contributed by atoms with Crippen molar-refractivity contribution in [1.82, 2.24) is 0 Å². The Kier molecular flexibility index (Phi) is 5.87. The second kappa shape index (κ2) is 8.49. The predicted molar refractivity (Wildman–Crippen MR) is 106 cm³/mol. The Balaban J connectivity index is 2.10. The Morgan fingerprint density at radius 3 is 1.33 bits per heavy atom. The summed E-state index contributed by atoms with van der Waals surface area (Å²) in [5, 5.41) is 0. The zero-order valence-electron chi connectivity index (χ0n) is 16.0. The molecule has 0 aliphatic heterocycles. The van der Waals surface area contributed by atoms with Crippen LogP contribution in [0.25, 0.3) is 0 Å². The van der Waals surface area contributed by atoms with Crippen molar-refractivity contribution in [3.63, 3.8) is 0 Å². The molecule has 3 rings (SSSR count). The van der Waals surface area contributed by atoms with Gasteiger partial charge in [0.25, 0.3) is 0 Å². The molecule has 0 atom stereocenters. The van der Waals surface area contributed by atoms with E-state index in [0.29, 0.717) is 11.5 Å². The highest BCUT2D eigenvalue weighted by molar-refractivity contribution is 5.61. The van der Waals surface area contributed by atoms with Gasteiger partial charge in [0, 0.05) is 0 Å². The lowest BCUT2D eigenvalue weighted by molar-refractivity contribution is 0.354. The summed E-state index contributed by atoms with van der Waals surface area (Å²) in [6.45, 7) is 0. The van der Waals surface area contributed by atoms with E-state index < -0.39 is 0 Å². The normalized spacial score (nSPS) is 10.6. The van der Waals surface area contributed by atoms with Gasteiger partial charge in [-0.15, -0.1) is 0 Å². The van der Waals surface area contributed by atoms with E-state index in [9.17, 15) is 0 Å². The first-order chi connectivity index (χ1) is 13.2. The molecule has 27 heavy (non-hydrogen) atoms. The fraction of sp³-hybridized carbons (Fsp3) is 0.174. The maximum Gasteiger partial charge on any atom is 0.161 e. The number of benzene rings is 3. The summed E-state index contributed by atoms with van der Waals surface area (Å²) in [4.78, 5) is 0. The van der Waals surface area contributed by atoms with E-state index in [2.05, 4.69) is 24.3 Å². The minimum Gasteiger partial charge on any atom is -0.497 e. The molecule has 0 aliphatic rings. The van der Waals surface area contributed by atoms with E-state index in [-0.39, 0.29) is 0 Å². The van der Waals surface area contributed by atoms with E-state index >= 15 is 0 Å². The maximum absolute atomic E-state index is 5.49. The van der Waals surface area contributed by atoms with Crippen LogP contribution in [0.5, 0.6) is 23.0 Å². The number of ether oxygens (including phenoxy) is 4. The summed E-state index contributed by atoms with van der Waals surface area (Å²) in [5.74, 6) is 4.11. The van der Waals surface area contributed by atoms with E-state index in [1.54, 1.807) is 28.4 Å². The van der Waals surface area contributed by atoms with Crippen LogP contribution in [0.15, 0.2) is 66.7 Å². The third-order valence-electron chi connectivity index (χ3n) is 4.43. The largest absolute Gasteiger partial charge is 0.497 e. The highest BCUT2D eigenvalue weighted by Crippen LogP contribution is 2.37. The van der Waals surface area contributed by atoms with Crippen molar-refractivity contribution in [3.8, 4) is 23.0 Å².